The molecule has 1 aromatic rings. The minimum absolute atomic E-state index is 0.153. The molecule has 5 rings (SSSR count). The van der Waals surface area contributed by atoms with E-state index in [2.05, 4.69) is 46.2 Å². The third kappa shape index (κ3) is 4.02. The summed E-state index contributed by atoms with van der Waals surface area (Å²) in [5.74, 6) is 2.23. The molecule has 32 heavy (non-hydrogen) atoms. The van der Waals surface area contributed by atoms with Crippen LogP contribution in [0.3, 0.4) is 0 Å². The maximum absolute atomic E-state index is 11.8. The number of hydrogen-bond acceptors (Lipinski definition) is 8. The van der Waals surface area contributed by atoms with Crippen molar-refractivity contribution in [3.05, 3.63) is 47.0 Å². The van der Waals surface area contributed by atoms with E-state index in [-0.39, 0.29) is 6.04 Å². The molecule has 1 aromatic heterocycles. The lowest BCUT2D eigenvalue weighted by Gasteiger charge is -2.20. The molecule has 0 spiro atoms. The first-order chi connectivity index (χ1) is 15.2. The lowest BCUT2D eigenvalue weighted by atomic mass is 10.0. The number of hydrazine groups is 1. The van der Waals surface area contributed by atoms with Crippen LogP contribution in [0.4, 0.5) is 11.8 Å². The second-order valence-electron chi connectivity index (χ2n) is 9.42. The molecule has 2 aliphatic heterocycles. The molecular weight excluding hydrogens is 426 g/mol. The normalized spacial score (nSPS) is 29.9. The Morgan fingerprint density at radius 2 is 1.88 bits per heavy atom. The van der Waals surface area contributed by atoms with Crippen molar-refractivity contribution in [1.29, 1.82) is 0 Å². The van der Waals surface area contributed by atoms with Crippen LogP contribution in [0.1, 0.15) is 25.3 Å². The highest BCUT2D eigenvalue weighted by molar-refractivity contribution is 7.88. The zero-order valence-corrected chi connectivity index (χ0v) is 19.8. The summed E-state index contributed by atoms with van der Waals surface area (Å²) in [7, 11) is -1.08. The number of rotatable bonds is 5. The summed E-state index contributed by atoms with van der Waals surface area (Å²) in [6.07, 6.45) is 11.4. The van der Waals surface area contributed by atoms with Gasteiger partial charge in [-0.3, -0.25) is 0 Å². The van der Waals surface area contributed by atoms with Crippen LogP contribution in [-0.4, -0.2) is 66.2 Å². The van der Waals surface area contributed by atoms with Crippen LogP contribution in [0.25, 0.3) is 0 Å². The Morgan fingerprint density at radius 1 is 1.16 bits per heavy atom. The second kappa shape index (κ2) is 7.86. The van der Waals surface area contributed by atoms with Gasteiger partial charge in [0.2, 0.25) is 16.0 Å². The average Bonchev–Trinajstić information content (AvgIpc) is 3.36. The van der Waals surface area contributed by atoms with Crippen molar-refractivity contribution >= 4 is 21.8 Å². The van der Waals surface area contributed by atoms with Gasteiger partial charge in [0.1, 0.15) is 5.82 Å². The smallest absolute Gasteiger partial charge is 0.229 e. The minimum atomic E-state index is -3.10. The number of aryl methyl sites for hydroxylation is 1. The van der Waals surface area contributed by atoms with Crippen LogP contribution < -0.4 is 16.1 Å². The molecule has 0 bridgehead atoms. The van der Waals surface area contributed by atoms with Gasteiger partial charge in [-0.05, 0) is 56.3 Å². The van der Waals surface area contributed by atoms with Gasteiger partial charge in [-0.15, -0.1) is 0 Å². The van der Waals surface area contributed by atoms with Crippen LogP contribution in [0.5, 0.6) is 0 Å². The standard InChI is InChI=1S/C22H31N7O2S/c1-13-10-23-22(25-17-5-6-19-14(2)28(3)27-20(19)9-17)26-21(13)24-18-7-15-11-29(32(4,30)31)12-16(15)8-18/h5-6,9-10,15-16,18,20,27H,7-8,11-12H2,1-4H3,(H2,23,24,25,26). The zero-order chi connectivity index (χ0) is 22.6. The number of sulfonamides is 1. The fourth-order valence-corrected chi connectivity index (χ4v) is 6.18. The molecule has 0 aromatic carbocycles. The summed E-state index contributed by atoms with van der Waals surface area (Å²) < 4.78 is 25.3. The number of hydrogen-bond donors (Lipinski definition) is 3. The van der Waals surface area contributed by atoms with Crippen molar-refractivity contribution < 1.29 is 8.42 Å². The third-order valence-corrected chi connectivity index (χ3v) is 8.37. The van der Waals surface area contributed by atoms with Crippen molar-refractivity contribution in [3.8, 4) is 0 Å². The molecular formula is C22H31N7O2S. The summed E-state index contributed by atoms with van der Waals surface area (Å²) in [5.41, 5.74) is 7.87. The van der Waals surface area contributed by atoms with Gasteiger partial charge in [-0.2, -0.15) is 4.98 Å². The topological polar surface area (TPSA) is 102 Å². The van der Waals surface area contributed by atoms with Crippen LogP contribution >= 0.6 is 0 Å². The number of nitrogens with one attached hydrogen (secondary N) is 3. The predicted molar refractivity (Wildman–Crippen MR) is 125 cm³/mol. The molecule has 2 aliphatic carbocycles. The van der Waals surface area contributed by atoms with Crippen LogP contribution in [0, 0.1) is 18.8 Å². The van der Waals surface area contributed by atoms with Gasteiger partial charge in [-0.25, -0.2) is 23.1 Å². The molecule has 3 atom stereocenters. The zero-order valence-electron chi connectivity index (χ0n) is 19.0. The lowest BCUT2D eigenvalue weighted by molar-refractivity contribution is 0.325. The van der Waals surface area contributed by atoms with Gasteiger partial charge in [0, 0.05) is 49.3 Å². The van der Waals surface area contributed by atoms with Gasteiger partial charge in [0.25, 0.3) is 0 Å². The Labute approximate surface area is 189 Å². The number of aromatic nitrogens is 2. The maximum atomic E-state index is 11.8. The Kier molecular flexibility index (Phi) is 5.26. The van der Waals surface area contributed by atoms with Gasteiger partial charge in [-0.1, -0.05) is 6.08 Å². The number of anilines is 2. The molecule has 3 N–H and O–H groups in total. The van der Waals surface area contributed by atoms with Crippen LogP contribution in [0.15, 0.2) is 41.4 Å². The van der Waals surface area contributed by atoms with Crippen LogP contribution in [0.2, 0.25) is 0 Å². The number of nitrogens with zero attached hydrogens (tertiary/aromatic N) is 4. The van der Waals surface area contributed by atoms with Gasteiger partial charge < -0.3 is 15.6 Å². The molecule has 172 valence electrons. The van der Waals surface area contributed by atoms with Crippen LogP contribution in [-0.2, 0) is 10.0 Å². The quantitative estimate of drug-likeness (QED) is 0.616. The van der Waals surface area contributed by atoms with E-state index in [9.17, 15) is 8.42 Å². The fraction of sp³-hybridized carbons (Fsp3) is 0.545. The fourth-order valence-electron chi connectivity index (χ4n) is 5.26. The highest BCUT2D eigenvalue weighted by Gasteiger charge is 2.43. The van der Waals surface area contributed by atoms with E-state index in [1.807, 2.05) is 25.2 Å². The van der Waals surface area contributed by atoms with Crippen molar-refractivity contribution in [1.82, 2.24) is 24.7 Å². The van der Waals surface area contributed by atoms with Crippen molar-refractivity contribution in [2.24, 2.45) is 11.8 Å². The van der Waals surface area contributed by atoms with Crippen molar-refractivity contribution in [3.63, 3.8) is 0 Å². The largest absolute Gasteiger partial charge is 0.367 e. The molecule has 1 saturated carbocycles. The van der Waals surface area contributed by atoms with E-state index in [1.165, 1.54) is 17.5 Å². The molecule has 0 amide bonds. The van der Waals surface area contributed by atoms with E-state index in [0.29, 0.717) is 36.9 Å². The van der Waals surface area contributed by atoms with Crippen molar-refractivity contribution in [2.75, 3.05) is 37.0 Å². The third-order valence-electron chi connectivity index (χ3n) is 7.13. The molecule has 4 aliphatic rings. The molecule has 3 unspecified atom stereocenters. The molecule has 9 nitrogen and oxygen atoms in total. The molecule has 3 heterocycles. The molecule has 0 radical (unpaired) electrons. The summed E-state index contributed by atoms with van der Waals surface area (Å²) in [5, 5.41) is 8.97. The number of allylic oxidation sites excluding steroid dienone is 2. The first kappa shape index (κ1) is 21.4. The number of fused-ring (bicyclic) bond motifs is 2. The van der Waals surface area contributed by atoms with Crippen molar-refractivity contribution in [2.45, 2.75) is 38.8 Å². The summed E-state index contributed by atoms with van der Waals surface area (Å²) in [4.78, 5) is 9.20. The lowest BCUT2D eigenvalue weighted by Crippen LogP contribution is -2.34. The van der Waals surface area contributed by atoms with Gasteiger partial charge in [0.15, 0.2) is 0 Å². The van der Waals surface area contributed by atoms with E-state index >= 15 is 0 Å². The monoisotopic (exact) mass is 457 g/mol. The van der Waals surface area contributed by atoms with Gasteiger partial charge >= 0.3 is 0 Å². The van der Waals surface area contributed by atoms with E-state index in [1.54, 1.807) is 4.31 Å². The highest BCUT2D eigenvalue weighted by atomic mass is 32.2. The minimum Gasteiger partial charge on any atom is -0.367 e. The maximum Gasteiger partial charge on any atom is 0.229 e. The van der Waals surface area contributed by atoms with Gasteiger partial charge in [0.05, 0.1) is 12.3 Å². The average molecular weight is 458 g/mol. The first-order valence-corrected chi connectivity index (χ1v) is 12.9. The van der Waals surface area contributed by atoms with E-state index in [0.717, 1.165) is 29.9 Å². The Hall–Kier alpha value is -2.43. The second-order valence-corrected chi connectivity index (χ2v) is 11.4. The molecule has 10 heteroatoms. The Bertz CT molecular complexity index is 1110. The summed E-state index contributed by atoms with van der Waals surface area (Å²) in [6.45, 7) is 5.39. The molecule has 1 saturated heterocycles. The Balaban J connectivity index is 1.24. The predicted octanol–water partition coefficient (Wildman–Crippen LogP) is 1.83. The van der Waals surface area contributed by atoms with E-state index < -0.39 is 10.0 Å². The first-order valence-electron chi connectivity index (χ1n) is 11.1. The van der Waals surface area contributed by atoms with E-state index in [4.69, 9.17) is 4.98 Å². The Morgan fingerprint density at radius 3 is 2.56 bits per heavy atom. The summed E-state index contributed by atoms with van der Waals surface area (Å²) in [6, 6.07) is 0.454. The summed E-state index contributed by atoms with van der Waals surface area (Å²) >= 11 is 0. The molecule has 2 fully saturated rings. The highest BCUT2D eigenvalue weighted by Crippen LogP contribution is 2.40. The SMILES string of the molecule is CC1=C2C=CC(Nc3ncc(C)c(NC4CC5CN(S(C)(=O)=O)CC5C4)n3)=CC2NN1C.